The van der Waals surface area contributed by atoms with E-state index in [1.54, 1.807) is 0 Å². The lowest BCUT2D eigenvalue weighted by Crippen LogP contribution is -2.22. The molecular formula is C35H59NO7. The van der Waals surface area contributed by atoms with Crippen LogP contribution in [0.15, 0.2) is 24.3 Å². The number of esters is 1. The number of ether oxygens (including phenoxy) is 3. The van der Waals surface area contributed by atoms with Crippen LogP contribution in [0.1, 0.15) is 156 Å². The van der Waals surface area contributed by atoms with E-state index >= 15 is 0 Å². The minimum atomic E-state index is -0.837. The molecule has 2 atom stereocenters. The minimum Gasteiger partial charge on any atom is -0.465 e. The fourth-order valence-corrected chi connectivity index (χ4v) is 5.27. The van der Waals surface area contributed by atoms with Crippen LogP contribution < -0.4 is 4.74 Å². The summed E-state index contributed by atoms with van der Waals surface area (Å²) in [4.78, 5) is 35.4. The first-order chi connectivity index (χ1) is 20.9. The number of nitro groups is 1. The van der Waals surface area contributed by atoms with E-state index < -0.39 is 11.1 Å². The van der Waals surface area contributed by atoms with Crippen molar-refractivity contribution in [1.82, 2.24) is 0 Å². The van der Waals surface area contributed by atoms with Crippen molar-refractivity contribution in [3.8, 4) is 5.75 Å². The van der Waals surface area contributed by atoms with Gasteiger partial charge in [0, 0.05) is 18.6 Å². The largest absolute Gasteiger partial charge is 0.514 e. The van der Waals surface area contributed by atoms with Gasteiger partial charge in [0.25, 0.3) is 5.69 Å². The van der Waals surface area contributed by atoms with Crippen molar-refractivity contribution in [2.45, 2.75) is 162 Å². The number of nitro benzene ring substituents is 1. The number of non-ortho nitro benzene ring substituents is 1. The second-order valence-electron chi connectivity index (χ2n) is 11.9. The van der Waals surface area contributed by atoms with Crippen molar-refractivity contribution in [2.75, 3.05) is 6.61 Å². The van der Waals surface area contributed by atoms with Crippen molar-refractivity contribution < 1.29 is 28.7 Å². The Hall–Kier alpha value is -2.64. The molecule has 0 aliphatic heterocycles. The molecule has 0 radical (unpaired) electrons. The zero-order chi connectivity index (χ0) is 31.5. The Morgan fingerprint density at radius 1 is 0.698 bits per heavy atom. The Morgan fingerprint density at radius 2 is 1.19 bits per heavy atom. The first kappa shape index (κ1) is 38.4. The van der Waals surface area contributed by atoms with Crippen LogP contribution in [0.25, 0.3) is 0 Å². The fraction of sp³-hybridized carbons (Fsp3) is 0.771. The number of unbranched alkanes of at least 4 members (excludes halogenated alkanes) is 12. The van der Waals surface area contributed by atoms with Gasteiger partial charge >= 0.3 is 12.1 Å². The van der Waals surface area contributed by atoms with Gasteiger partial charge in [-0.15, -0.1) is 0 Å². The number of rotatable bonds is 27. The highest BCUT2D eigenvalue weighted by atomic mass is 16.7. The summed E-state index contributed by atoms with van der Waals surface area (Å²) in [6.45, 7) is 7.13. The summed E-state index contributed by atoms with van der Waals surface area (Å²) in [6, 6.07) is 5.31. The number of nitrogens with zero attached hydrogens (tertiary/aromatic N) is 1. The molecule has 1 aromatic carbocycles. The maximum atomic E-state index is 12.6. The molecule has 1 rings (SSSR count). The lowest BCUT2D eigenvalue weighted by Gasteiger charge is -2.19. The minimum absolute atomic E-state index is 0.0808. The summed E-state index contributed by atoms with van der Waals surface area (Å²) in [5.74, 6) is 0.433. The third-order valence-corrected chi connectivity index (χ3v) is 7.96. The van der Waals surface area contributed by atoms with Crippen molar-refractivity contribution in [3.05, 3.63) is 34.4 Å². The zero-order valence-electron chi connectivity index (χ0n) is 27.3. The Kier molecular flexibility index (Phi) is 23.1. The van der Waals surface area contributed by atoms with Crippen LogP contribution in [0.2, 0.25) is 0 Å². The number of benzene rings is 1. The third-order valence-electron chi connectivity index (χ3n) is 7.96. The Labute approximate surface area is 260 Å². The molecule has 2 unspecified atom stereocenters. The van der Waals surface area contributed by atoms with E-state index in [0.717, 1.165) is 38.5 Å². The van der Waals surface area contributed by atoms with Crippen LogP contribution in [0.4, 0.5) is 10.5 Å². The van der Waals surface area contributed by atoms with Gasteiger partial charge in [0.2, 0.25) is 0 Å². The number of carbonyl (C=O) groups excluding carboxylic acids is 2. The van der Waals surface area contributed by atoms with Crippen molar-refractivity contribution in [3.63, 3.8) is 0 Å². The predicted molar refractivity (Wildman–Crippen MR) is 172 cm³/mol. The monoisotopic (exact) mass is 605 g/mol. The van der Waals surface area contributed by atoms with E-state index in [2.05, 4.69) is 20.8 Å². The topological polar surface area (TPSA) is 105 Å². The lowest BCUT2D eigenvalue weighted by atomic mass is 9.95. The van der Waals surface area contributed by atoms with Crippen molar-refractivity contribution in [1.29, 1.82) is 0 Å². The number of hydrogen-bond donors (Lipinski definition) is 0. The Balaban J connectivity index is 2.52. The molecule has 0 amide bonds. The van der Waals surface area contributed by atoms with E-state index in [4.69, 9.17) is 14.2 Å². The predicted octanol–water partition coefficient (Wildman–Crippen LogP) is 10.9. The summed E-state index contributed by atoms with van der Waals surface area (Å²) in [5, 5.41) is 10.9. The maximum Gasteiger partial charge on any atom is 0.514 e. The summed E-state index contributed by atoms with van der Waals surface area (Å²) in [7, 11) is 0. The van der Waals surface area contributed by atoms with Gasteiger partial charge in [-0.3, -0.25) is 14.9 Å². The molecule has 0 saturated carbocycles. The molecule has 43 heavy (non-hydrogen) atoms. The molecule has 0 heterocycles. The van der Waals surface area contributed by atoms with Crippen LogP contribution in [-0.2, 0) is 14.3 Å². The van der Waals surface area contributed by atoms with E-state index in [0.29, 0.717) is 38.2 Å². The molecular weight excluding hydrogens is 546 g/mol. The molecule has 0 bridgehead atoms. The van der Waals surface area contributed by atoms with Crippen LogP contribution in [0.3, 0.4) is 0 Å². The molecule has 0 saturated heterocycles. The average molecular weight is 606 g/mol. The average Bonchev–Trinajstić information content (AvgIpc) is 2.99. The van der Waals surface area contributed by atoms with Gasteiger partial charge in [-0.25, -0.2) is 4.79 Å². The van der Waals surface area contributed by atoms with Crippen LogP contribution in [0.5, 0.6) is 5.75 Å². The normalized spacial score (nSPS) is 12.4. The highest BCUT2D eigenvalue weighted by Gasteiger charge is 2.18. The smallest absolute Gasteiger partial charge is 0.465 e. The van der Waals surface area contributed by atoms with E-state index in [1.807, 2.05) is 0 Å². The van der Waals surface area contributed by atoms with Gasteiger partial charge in [0.15, 0.2) is 0 Å². The Morgan fingerprint density at radius 3 is 1.74 bits per heavy atom. The van der Waals surface area contributed by atoms with Crippen molar-refractivity contribution in [2.24, 2.45) is 5.92 Å². The summed E-state index contributed by atoms with van der Waals surface area (Å²) in [5.41, 5.74) is -0.0808. The second-order valence-corrected chi connectivity index (χ2v) is 11.9. The Bertz CT molecular complexity index is 858. The molecule has 8 nitrogen and oxygen atoms in total. The van der Waals surface area contributed by atoms with Crippen molar-refractivity contribution >= 4 is 17.8 Å². The first-order valence-corrected chi connectivity index (χ1v) is 17.2. The molecule has 0 aliphatic carbocycles. The first-order valence-electron chi connectivity index (χ1n) is 17.2. The quantitative estimate of drug-likeness (QED) is 0.0323. The molecule has 246 valence electrons. The molecule has 8 heteroatoms. The molecule has 1 aromatic rings. The number of hydrogen-bond acceptors (Lipinski definition) is 7. The lowest BCUT2D eigenvalue weighted by molar-refractivity contribution is -0.384. The SMILES string of the molecule is CCCCCCCCC(CCCCCC)COC(=O)CCCC(CCCCCCC)OC(=O)Oc1ccc([N+](=O)[O-])cc1. The summed E-state index contributed by atoms with van der Waals surface area (Å²) in [6.07, 6.45) is 21.2. The van der Waals surface area contributed by atoms with Crippen LogP contribution in [0, 0.1) is 16.0 Å². The van der Waals surface area contributed by atoms with E-state index in [9.17, 15) is 19.7 Å². The summed E-state index contributed by atoms with van der Waals surface area (Å²) < 4.78 is 16.6. The van der Waals surface area contributed by atoms with Crippen LogP contribution >= 0.6 is 0 Å². The zero-order valence-corrected chi connectivity index (χ0v) is 27.3. The molecule has 0 N–H and O–H groups in total. The van der Waals surface area contributed by atoms with Gasteiger partial charge in [-0.2, -0.15) is 0 Å². The van der Waals surface area contributed by atoms with Crippen LogP contribution in [-0.4, -0.2) is 29.8 Å². The number of carbonyl (C=O) groups is 2. The van der Waals surface area contributed by atoms with E-state index in [1.165, 1.54) is 94.9 Å². The third kappa shape index (κ3) is 20.8. The molecule has 0 aromatic heterocycles. The standard InChI is InChI=1S/C35H59NO7/c1-4-7-10-13-15-17-21-30(20-16-12-9-6-3)29-41-34(37)24-19-23-32(22-18-14-11-8-5-2)42-35(38)43-33-27-25-31(26-28-33)36(39)40/h25-28,30,32H,4-24,29H2,1-3H3. The fourth-order valence-electron chi connectivity index (χ4n) is 5.27. The van der Waals surface area contributed by atoms with E-state index in [-0.39, 0.29) is 23.5 Å². The summed E-state index contributed by atoms with van der Waals surface area (Å²) >= 11 is 0. The van der Waals surface area contributed by atoms with Gasteiger partial charge in [-0.1, -0.05) is 111 Å². The highest BCUT2D eigenvalue weighted by molar-refractivity contribution is 5.69. The molecule has 0 fully saturated rings. The molecule has 0 spiro atoms. The highest BCUT2D eigenvalue weighted by Crippen LogP contribution is 2.22. The maximum absolute atomic E-state index is 12.6. The van der Waals surface area contributed by atoms with Gasteiger partial charge in [-0.05, 0) is 56.6 Å². The molecule has 0 aliphatic rings. The second kappa shape index (κ2) is 25.8. The van der Waals surface area contributed by atoms with Gasteiger partial charge in [0.05, 0.1) is 11.5 Å². The van der Waals surface area contributed by atoms with Gasteiger partial charge < -0.3 is 14.2 Å². The van der Waals surface area contributed by atoms with Gasteiger partial charge in [0.1, 0.15) is 11.9 Å².